The topological polar surface area (TPSA) is 117 Å². The van der Waals surface area contributed by atoms with Gasteiger partial charge in [-0.05, 0) is 61.6 Å². The highest BCUT2D eigenvalue weighted by Crippen LogP contribution is 2.40. The molecule has 0 spiro atoms. The molecule has 238 valence electrons. The highest BCUT2D eigenvalue weighted by atomic mass is 16.7. The summed E-state index contributed by atoms with van der Waals surface area (Å²) in [5, 5.41) is 3.31. The van der Waals surface area contributed by atoms with Crippen LogP contribution < -0.4 is 10.2 Å². The van der Waals surface area contributed by atoms with E-state index in [4.69, 9.17) is 9.47 Å². The van der Waals surface area contributed by atoms with E-state index in [-0.39, 0.29) is 53.2 Å². The molecule has 44 heavy (non-hydrogen) atoms. The number of aromatic nitrogens is 2. The van der Waals surface area contributed by atoms with Gasteiger partial charge in [0.15, 0.2) is 6.29 Å². The number of carbonyl (C=O) groups excluding carboxylic acids is 3. The fourth-order valence-corrected chi connectivity index (χ4v) is 7.51. The molecule has 4 aliphatic rings. The lowest BCUT2D eigenvalue weighted by molar-refractivity contribution is -0.151. The molecule has 1 aromatic heterocycles. The third-order valence-electron chi connectivity index (χ3n) is 10.1. The minimum absolute atomic E-state index is 0.00343. The number of imidazole rings is 1. The van der Waals surface area contributed by atoms with Crippen LogP contribution in [0.2, 0.25) is 0 Å². The fraction of sp³-hybridized carbons (Fsp3) is 0.647. The molecule has 1 aliphatic carbocycles. The summed E-state index contributed by atoms with van der Waals surface area (Å²) >= 11 is 0. The summed E-state index contributed by atoms with van der Waals surface area (Å²) in [5.74, 6) is -0.340. The number of benzene rings is 1. The zero-order valence-electron chi connectivity index (χ0n) is 26.3. The molecular formula is C34H47N5O5. The van der Waals surface area contributed by atoms with Crippen LogP contribution in [-0.4, -0.2) is 77.3 Å². The number of anilines is 1. The number of hydrogen-bond donors (Lipinski definition) is 2. The molecule has 10 heteroatoms. The van der Waals surface area contributed by atoms with Crippen LogP contribution in [0, 0.1) is 17.8 Å². The second-order valence-electron chi connectivity index (χ2n) is 14.0. The largest absolute Gasteiger partial charge is 0.352 e. The molecule has 4 fully saturated rings. The van der Waals surface area contributed by atoms with Crippen LogP contribution in [0.25, 0.3) is 0 Å². The van der Waals surface area contributed by atoms with Crippen LogP contribution in [0.1, 0.15) is 88.2 Å². The SMILES string of the molecule is CC(C)(C)c1ccc(N(C(=O)c2cnc[nH]2)C(C(=O)NC2CCN(C(=O)C3CCCC3)CC2)C2COC3OCCCC32)cc1. The van der Waals surface area contributed by atoms with Gasteiger partial charge in [0.1, 0.15) is 11.7 Å². The number of H-pyrrole nitrogens is 1. The first-order valence-corrected chi connectivity index (χ1v) is 16.5. The molecule has 1 aromatic carbocycles. The first kappa shape index (κ1) is 30.8. The number of rotatable bonds is 7. The molecule has 4 atom stereocenters. The summed E-state index contributed by atoms with van der Waals surface area (Å²) in [7, 11) is 0. The molecule has 6 rings (SSSR count). The molecule has 4 heterocycles. The van der Waals surface area contributed by atoms with Crippen molar-refractivity contribution < 1.29 is 23.9 Å². The number of nitrogens with one attached hydrogen (secondary N) is 2. The molecule has 3 aliphatic heterocycles. The standard InChI is InChI=1S/C34H47N5O5/c1-34(2,3)23-10-12-25(13-11-23)39(32(42)28-19-35-21-36-28)29(27-20-44-33-26(27)9-6-18-43-33)30(40)37-24-14-16-38(17-15-24)31(41)22-7-4-5-8-22/h10-13,19,21-22,24,26-27,29,33H,4-9,14-18,20H2,1-3H3,(H,35,36)(H,37,40). The van der Waals surface area contributed by atoms with Gasteiger partial charge >= 0.3 is 0 Å². The van der Waals surface area contributed by atoms with E-state index in [2.05, 4.69) is 36.1 Å². The van der Waals surface area contributed by atoms with Crippen molar-refractivity contribution in [2.45, 2.75) is 95.9 Å². The van der Waals surface area contributed by atoms with Crippen LogP contribution in [-0.2, 0) is 24.5 Å². The Labute approximate surface area is 260 Å². The van der Waals surface area contributed by atoms with E-state index in [0.717, 1.165) is 44.1 Å². The lowest BCUT2D eigenvalue weighted by Gasteiger charge is -2.39. The maximum atomic E-state index is 14.5. The molecular weight excluding hydrogens is 558 g/mol. The van der Waals surface area contributed by atoms with E-state index >= 15 is 0 Å². The summed E-state index contributed by atoms with van der Waals surface area (Å²) < 4.78 is 12.0. The summed E-state index contributed by atoms with van der Waals surface area (Å²) in [6.07, 6.45) is 10.0. The molecule has 4 unspecified atom stereocenters. The predicted octanol–water partition coefficient (Wildman–Crippen LogP) is 4.42. The van der Waals surface area contributed by atoms with Gasteiger partial charge in [-0.25, -0.2) is 4.98 Å². The zero-order chi connectivity index (χ0) is 30.8. The summed E-state index contributed by atoms with van der Waals surface area (Å²) in [6.45, 7) is 8.69. The number of fused-ring (bicyclic) bond motifs is 1. The molecule has 2 N–H and O–H groups in total. The molecule has 2 aromatic rings. The van der Waals surface area contributed by atoms with Crippen molar-refractivity contribution in [2.24, 2.45) is 17.8 Å². The number of hydrogen-bond acceptors (Lipinski definition) is 6. The minimum Gasteiger partial charge on any atom is -0.352 e. The highest BCUT2D eigenvalue weighted by molar-refractivity contribution is 6.09. The van der Waals surface area contributed by atoms with Crippen molar-refractivity contribution in [2.75, 3.05) is 31.2 Å². The predicted molar refractivity (Wildman–Crippen MR) is 166 cm³/mol. The van der Waals surface area contributed by atoms with Crippen LogP contribution >= 0.6 is 0 Å². The Balaban J connectivity index is 1.28. The van der Waals surface area contributed by atoms with Gasteiger partial charge in [0, 0.05) is 49.2 Å². The van der Waals surface area contributed by atoms with Gasteiger partial charge in [0.2, 0.25) is 11.8 Å². The molecule has 3 amide bonds. The average molecular weight is 606 g/mol. The van der Waals surface area contributed by atoms with Crippen LogP contribution in [0.5, 0.6) is 0 Å². The van der Waals surface area contributed by atoms with Crippen molar-refractivity contribution in [3.05, 3.63) is 48.0 Å². The Hall–Kier alpha value is -3.24. The van der Waals surface area contributed by atoms with E-state index in [9.17, 15) is 14.4 Å². The molecule has 3 saturated heterocycles. The lowest BCUT2D eigenvalue weighted by Crippen LogP contribution is -2.58. The van der Waals surface area contributed by atoms with Gasteiger partial charge in [-0.3, -0.25) is 19.3 Å². The van der Waals surface area contributed by atoms with E-state index < -0.39 is 6.04 Å². The van der Waals surface area contributed by atoms with Crippen molar-refractivity contribution in [3.63, 3.8) is 0 Å². The van der Waals surface area contributed by atoms with E-state index in [1.807, 2.05) is 29.2 Å². The maximum absolute atomic E-state index is 14.5. The number of aromatic amines is 1. The number of amides is 3. The van der Waals surface area contributed by atoms with E-state index in [0.29, 0.717) is 50.5 Å². The third-order valence-corrected chi connectivity index (χ3v) is 10.1. The number of nitrogens with zero attached hydrogens (tertiary/aromatic N) is 3. The summed E-state index contributed by atoms with van der Waals surface area (Å²) in [5.41, 5.74) is 2.04. The number of carbonyl (C=O) groups is 3. The van der Waals surface area contributed by atoms with Gasteiger partial charge in [0.25, 0.3) is 5.91 Å². The normalized spacial score (nSPS) is 25.4. The molecule has 1 saturated carbocycles. The Bertz CT molecular complexity index is 1290. The van der Waals surface area contributed by atoms with Gasteiger partial charge in [-0.2, -0.15) is 0 Å². The Morgan fingerprint density at radius 1 is 1.00 bits per heavy atom. The van der Waals surface area contributed by atoms with Gasteiger partial charge in [-0.1, -0.05) is 45.7 Å². The Morgan fingerprint density at radius 3 is 2.39 bits per heavy atom. The monoisotopic (exact) mass is 605 g/mol. The zero-order valence-corrected chi connectivity index (χ0v) is 26.3. The van der Waals surface area contributed by atoms with E-state index in [1.165, 1.54) is 12.5 Å². The first-order chi connectivity index (χ1) is 21.2. The molecule has 0 radical (unpaired) electrons. The van der Waals surface area contributed by atoms with Crippen molar-refractivity contribution >= 4 is 23.4 Å². The minimum atomic E-state index is -0.818. The Kier molecular flexibility index (Phi) is 9.10. The van der Waals surface area contributed by atoms with Gasteiger partial charge in [-0.15, -0.1) is 0 Å². The molecule has 10 nitrogen and oxygen atoms in total. The highest BCUT2D eigenvalue weighted by Gasteiger charge is 2.50. The fourth-order valence-electron chi connectivity index (χ4n) is 7.51. The van der Waals surface area contributed by atoms with Crippen LogP contribution in [0.4, 0.5) is 5.69 Å². The lowest BCUT2D eigenvalue weighted by atomic mass is 9.82. The van der Waals surface area contributed by atoms with Crippen LogP contribution in [0.3, 0.4) is 0 Å². The number of likely N-dealkylation sites (tertiary alicyclic amines) is 1. The van der Waals surface area contributed by atoms with Crippen LogP contribution in [0.15, 0.2) is 36.8 Å². The second kappa shape index (κ2) is 13.0. The summed E-state index contributed by atoms with van der Waals surface area (Å²) in [6, 6.07) is 7.05. The second-order valence-corrected chi connectivity index (χ2v) is 14.0. The van der Waals surface area contributed by atoms with Crippen molar-refractivity contribution in [1.29, 1.82) is 0 Å². The smallest absolute Gasteiger partial charge is 0.277 e. The average Bonchev–Trinajstić information content (AvgIpc) is 3.82. The van der Waals surface area contributed by atoms with Gasteiger partial charge in [0.05, 0.1) is 19.1 Å². The van der Waals surface area contributed by atoms with Crippen molar-refractivity contribution in [3.8, 4) is 0 Å². The number of ether oxygens (including phenoxy) is 2. The quantitative estimate of drug-likeness (QED) is 0.483. The van der Waals surface area contributed by atoms with Gasteiger partial charge < -0.3 is 24.7 Å². The number of piperidine rings is 1. The maximum Gasteiger partial charge on any atom is 0.277 e. The van der Waals surface area contributed by atoms with Crippen molar-refractivity contribution in [1.82, 2.24) is 20.2 Å². The molecule has 0 bridgehead atoms. The summed E-state index contributed by atoms with van der Waals surface area (Å²) in [4.78, 5) is 52.4. The first-order valence-electron chi connectivity index (χ1n) is 16.5. The Morgan fingerprint density at radius 2 is 1.73 bits per heavy atom. The third kappa shape index (κ3) is 6.42. The van der Waals surface area contributed by atoms with E-state index in [1.54, 1.807) is 4.90 Å².